The van der Waals surface area contributed by atoms with Crippen molar-refractivity contribution >= 4 is 23.4 Å². The molecule has 112 valence electrons. The summed E-state index contributed by atoms with van der Waals surface area (Å²) in [6.45, 7) is 5.06. The van der Waals surface area contributed by atoms with Crippen LogP contribution in [-0.2, 0) is 0 Å². The number of aromatic nitrogens is 1. The number of rotatable bonds is 6. The third kappa shape index (κ3) is 4.70. The molecule has 1 heterocycles. The zero-order valence-corrected chi connectivity index (χ0v) is 13.6. The van der Waals surface area contributed by atoms with Crippen molar-refractivity contribution in [2.75, 3.05) is 6.54 Å². The van der Waals surface area contributed by atoms with Crippen molar-refractivity contribution in [3.8, 4) is 0 Å². The van der Waals surface area contributed by atoms with E-state index in [4.69, 9.17) is 11.6 Å². The van der Waals surface area contributed by atoms with E-state index < -0.39 is 0 Å². The van der Waals surface area contributed by atoms with Crippen LogP contribution < -0.4 is 5.32 Å². The minimum Gasteiger partial charge on any atom is -0.310 e. The van der Waals surface area contributed by atoms with Crippen molar-refractivity contribution in [1.29, 1.82) is 0 Å². The Bertz CT molecular complexity index is 589. The summed E-state index contributed by atoms with van der Waals surface area (Å²) in [4.78, 5) is 5.28. The third-order valence-corrected chi connectivity index (χ3v) is 4.32. The van der Waals surface area contributed by atoms with Gasteiger partial charge in [-0.15, -0.1) is 0 Å². The second kappa shape index (κ2) is 7.78. The molecule has 0 aliphatic carbocycles. The Kier molecular flexibility index (Phi) is 6.03. The van der Waals surface area contributed by atoms with Gasteiger partial charge in [-0.3, -0.25) is 0 Å². The molecule has 2 aromatic rings. The average molecular weight is 325 g/mol. The van der Waals surface area contributed by atoms with E-state index in [1.165, 1.54) is 17.8 Å². The Morgan fingerprint density at radius 3 is 2.81 bits per heavy atom. The molecule has 2 nitrogen and oxygen atoms in total. The van der Waals surface area contributed by atoms with E-state index in [0.29, 0.717) is 5.02 Å². The van der Waals surface area contributed by atoms with Gasteiger partial charge in [-0.1, -0.05) is 30.3 Å². The number of nitrogens with one attached hydrogen (secondary N) is 1. The molecule has 0 bridgehead atoms. The van der Waals surface area contributed by atoms with E-state index in [-0.39, 0.29) is 11.9 Å². The Hall–Kier alpha value is -1.10. The van der Waals surface area contributed by atoms with E-state index in [1.54, 1.807) is 24.4 Å². The molecular formula is C16H18ClFN2S. The molecule has 0 saturated carbocycles. The summed E-state index contributed by atoms with van der Waals surface area (Å²) in [5, 5.41) is 4.84. The van der Waals surface area contributed by atoms with Crippen LogP contribution in [0.1, 0.15) is 31.9 Å². The van der Waals surface area contributed by atoms with Crippen LogP contribution in [0.2, 0.25) is 5.02 Å². The number of pyridine rings is 1. The van der Waals surface area contributed by atoms with Crippen LogP contribution in [0.25, 0.3) is 0 Å². The molecule has 0 aliphatic rings. The highest BCUT2D eigenvalue weighted by molar-refractivity contribution is 7.99. The SMILES string of the molecule is CCCNC(C)c1cc(F)ccc1Sc1ccc(Cl)cn1. The Labute approximate surface area is 134 Å². The fraction of sp³-hybridized carbons (Fsp3) is 0.312. The summed E-state index contributed by atoms with van der Waals surface area (Å²) >= 11 is 7.36. The number of hydrogen-bond donors (Lipinski definition) is 1. The van der Waals surface area contributed by atoms with Gasteiger partial charge in [0.1, 0.15) is 10.8 Å². The minimum atomic E-state index is -0.219. The Morgan fingerprint density at radius 2 is 2.14 bits per heavy atom. The van der Waals surface area contributed by atoms with Gasteiger partial charge < -0.3 is 5.32 Å². The second-order valence-corrected chi connectivity index (χ2v) is 6.27. The van der Waals surface area contributed by atoms with Crippen molar-refractivity contribution in [2.45, 2.75) is 36.2 Å². The molecule has 1 N–H and O–H groups in total. The van der Waals surface area contributed by atoms with Gasteiger partial charge in [0.15, 0.2) is 0 Å². The largest absolute Gasteiger partial charge is 0.310 e. The van der Waals surface area contributed by atoms with Crippen molar-refractivity contribution in [2.24, 2.45) is 0 Å². The maximum atomic E-state index is 13.6. The fourth-order valence-corrected chi connectivity index (χ4v) is 3.02. The lowest BCUT2D eigenvalue weighted by Crippen LogP contribution is -2.20. The number of nitrogens with zero attached hydrogens (tertiary/aromatic N) is 1. The normalized spacial score (nSPS) is 12.4. The van der Waals surface area contributed by atoms with Crippen molar-refractivity contribution in [3.05, 3.63) is 52.9 Å². The van der Waals surface area contributed by atoms with Gasteiger partial charge >= 0.3 is 0 Å². The van der Waals surface area contributed by atoms with Gasteiger partial charge in [-0.2, -0.15) is 0 Å². The predicted octanol–water partition coefficient (Wildman–Crippen LogP) is 5.09. The highest BCUT2D eigenvalue weighted by atomic mass is 35.5. The molecule has 0 spiro atoms. The first kappa shape index (κ1) is 16.3. The number of halogens is 2. The van der Waals surface area contributed by atoms with Gasteiger partial charge in [0.25, 0.3) is 0 Å². The first-order valence-electron chi connectivity index (χ1n) is 6.92. The molecule has 1 aromatic heterocycles. The van der Waals surface area contributed by atoms with Crippen molar-refractivity contribution in [3.63, 3.8) is 0 Å². The quantitative estimate of drug-likeness (QED) is 0.801. The zero-order valence-electron chi connectivity index (χ0n) is 12.1. The minimum absolute atomic E-state index is 0.0930. The highest BCUT2D eigenvalue weighted by Crippen LogP contribution is 2.33. The van der Waals surface area contributed by atoms with Crippen LogP contribution in [0.3, 0.4) is 0 Å². The summed E-state index contributed by atoms with van der Waals surface area (Å²) in [5.41, 5.74) is 0.949. The van der Waals surface area contributed by atoms with E-state index in [1.807, 2.05) is 13.0 Å². The molecule has 0 saturated heterocycles. The van der Waals surface area contributed by atoms with Gasteiger partial charge in [0, 0.05) is 17.1 Å². The molecular weight excluding hydrogens is 307 g/mol. The molecule has 21 heavy (non-hydrogen) atoms. The standard InChI is InChI=1S/C16H18ClFN2S/c1-3-8-19-11(2)14-9-13(18)5-6-15(14)21-16-7-4-12(17)10-20-16/h4-7,9-11,19H,3,8H2,1-2H3. The lowest BCUT2D eigenvalue weighted by molar-refractivity contribution is 0.554. The van der Waals surface area contributed by atoms with Crippen molar-refractivity contribution < 1.29 is 4.39 Å². The molecule has 1 atom stereocenters. The molecule has 1 unspecified atom stereocenters. The van der Waals surface area contributed by atoms with Crippen LogP contribution in [0, 0.1) is 5.82 Å². The molecule has 5 heteroatoms. The fourth-order valence-electron chi connectivity index (χ4n) is 1.96. The molecule has 1 aromatic carbocycles. The van der Waals surface area contributed by atoms with Gasteiger partial charge in [-0.25, -0.2) is 9.37 Å². The molecule has 2 rings (SSSR count). The first-order valence-corrected chi connectivity index (χ1v) is 8.12. The van der Waals surface area contributed by atoms with Crippen LogP contribution in [0.15, 0.2) is 46.5 Å². The van der Waals surface area contributed by atoms with Crippen LogP contribution in [-0.4, -0.2) is 11.5 Å². The average Bonchev–Trinajstić information content (AvgIpc) is 2.49. The summed E-state index contributed by atoms with van der Waals surface area (Å²) in [6.07, 6.45) is 2.66. The molecule has 0 aliphatic heterocycles. The van der Waals surface area contributed by atoms with Crippen LogP contribution in [0.4, 0.5) is 4.39 Å². The smallest absolute Gasteiger partial charge is 0.123 e. The highest BCUT2D eigenvalue weighted by Gasteiger charge is 2.13. The van der Waals surface area contributed by atoms with Crippen LogP contribution >= 0.6 is 23.4 Å². The van der Waals surface area contributed by atoms with E-state index in [9.17, 15) is 4.39 Å². The van der Waals surface area contributed by atoms with E-state index in [0.717, 1.165) is 28.5 Å². The first-order chi connectivity index (χ1) is 10.1. The number of hydrogen-bond acceptors (Lipinski definition) is 3. The predicted molar refractivity (Wildman–Crippen MR) is 86.5 cm³/mol. The summed E-state index contributed by atoms with van der Waals surface area (Å²) < 4.78 is 13.6. The van der Waals surface area contributed by atoms with Crippen LogP contribution in [0.5, 0.6) is 0 Å². The molecule has 0 radical (unpaired) electrons. The van der Waals surface area contributed by atoms with Gasteiger partial charge in [0.05, 0.1) is 5.02 Å². The summed E-state index contributed by atoms with van der Waals surface area (Å²) in [5.74, 6) is -0.219. The monoisotopic (exact) mass is 324 g/mol. The molecule has 0 amide bonds. The molecule has 0 fully saturated rings. The number of benzene rings is 1. The third-order valence-electron chi connectivity index (χ3n) is 3.05. The topological polar surface area (TPSA) is 24.9 Å². The van der Waals surface area contributed by atoms with Crippen molar-refractivity contribution in [1.82, 2.24) is 10.3 Å². The lowest BCUT2D eigenvalue weighted by atomic mass is 10.1. The Morgan fingerprint density at radius 1 is 1.33 bits per heavy atom. The summed E-state index contributed by atoms with van der Waals surface area (Å²) in [7, 11) is 0. The zero-order chi connectivity index (χ0) is 15.2. The lowest BCUT2D eigenvalue weighted by Gasteiger charge is -2.17. The van der Waals surface area contributed by atoms with Gasteiger partial charge in [-0.05, 0) is 55.8 Å². The summed E-state index contributed by atoms with van der Waals surface area (Å²) in [6, 6.07) is 8.63. The van der Waals surface area contributed by atoms with Gasteiger partial charge in [0.2, 0.25) is 0 Å². The van der Waals surface area contributed by atoms with E-state index in [2.05, 4.69) is 17.2 Å². The maximum Gasteiger partial charge on any atom is 0.123 e. The second-order valence-electron chi connectivity index (χ2n) is 4.77. The Balaban J connectivity index is 2.23. The maximum absolute atomic E-state index is 13.6. The van der Waals surface area contributed by atoms with E-state index >= 15 is 0 Å².